The molecule has 1 N–H and O–H groups in total. The van der Waals surface area contributed by atoms with Gasteiger partial charge in [-0.25, -0.2) is 0 Å². The molecule has 0 aromatic heterocycles. The highest BCUT2D eigenvalue weighted by atomic mass is 28.4. The van der Waals surface area contributed by atoms with Crippen LogP contribution in [0.25, 0.3) is 0 Å². The van der Waals surface area contributed by atoms with E-state index in [1.807, 2.05) is 0 Å². The van der Waals surface area contributed by atoms with Crippen LogP contribution < -0.4 is 0 Å². The van der Waals surface area contributed by atoms with Gasteiger partial charge in [0, 0.05) is 32.4 Å². The summed E-state index contributed by atoms with van der Waals surface area (Å²) in [5, 5.41) is 9.36. The van der Waals surface area contributed by atoms with Crippen molar-refractivity contribution >= 4 is 26.2 Å². The molecule has 46 heavy (non-hydrogen) atoms. The molecule has 0 rings (SSSR count). The van der Waals surface area contributed by atoms with Crippen molar-refractivity contribution in [3.8, 4) is 0 Å². The van der Waals surface area contributed by atoms with Gasteiger partial charge >= 0.3 is 17.9 Å². The normalized spacial score (nSPS) is 13.5. The Hall–Kier alpha value is -1.45. The minimum Gasteiger partial charge on any atom is -0.481 e. The molecule has 0 amide bonds. The van der Waals surface area contributed by atoms with E-state index in [1.54, 1.807) is 0 Å². The highest BCUT2D eigenvalue weighted by Gasteiger charge is 2.39. The molecule has 0 saturated carbocycles. The van der Waals surface area contributed by atoms with Crippen LogP contribution in [0.4, 0.5) is 0 Å². The number of carboxylic acids is 1. The summed E-state index contributed by atoms with van der Waals surface area (Å²) in [5.41, 5.74) is 0. The molecule has 0 aliphatic heterocycles. The Bertz CT molecular complexity index is 799. The average Bonchev–Trinajstić information content (AvgIpc) is 2.96. The smallest absolute Gasteiger partial charge is 0.305 e. The zero-order valence-electron chi connectivity index (χ0n) is 31.3. The van der Waals surface area contributed by atoms with Crippen molar-refractivity contribution in [1.82, 2.24) is 4.90 Å². The zero-order valence-corrected chi connectivity index (χ0v) is 32.3. The second kappa shape index (κ2) is 26.5. The molecule has 0 bridgehead atoms. The number of rotatable bonds is 30. The summed E-state index contributed by atoms with van der Waals surface area (Å²) in [6.07, 6.45) is 15.9. The number of hydrogen-bond donors (Lipinski definition) is 1. The maximum Gasteiger partial charge on any atom is 0.305 e. The molecule has 272 valence electrons. The number of hydrogen-bond acceptors (Lipinski definition) is 7. The van der Waals surface area contributed by atoms with E-state index >= 15 is 0 Å². The molecule has 0 aromatic rings. The van der Waals surface area contributed by atoms with E-state index in [2.05, 4.69) is 59.5 Å². The minimum atomic E-state index is -2.03. The van der Waals surface area contributed by atoms with Crippen LogP contribution in [0.3, 0.4) is 0 Å². The topological polar surface area (TPSA) is 102 Å². The van der Waals surface area contributed by atoms with Crippen molar-refractivity contribution in [1.29, 1.82) is 0 Å². The summed E-state index contributed by atoms with van der Waals surface area (Å²) in [4.78, 5) is 37.7. The van der Waals surface area contributed by atoms with E-state index in [1.165, 1.54) is 0 Å². The van der Waals surface area contributed by atoms with E-state index in [-0.39, 0.29) is 29.5 Å². The molecule has 0 fully saturated rings. The fourth-order valence-corrected chi connectivity index (χ4v) is 6.67. The number of ether oxygens (including phenoxy) is 2. The summed E-state index contributed by atoms with van der Waals surface area (Å²) in [5.74, 6) is -0.506. The first kappa shape index (κ1) is 44.5. The van der Waals surface area contributed by atoms with Crippen molar-refractivity contribution in [2.75, 3.05) is 32.8 Å². The van der Waals surface area contributed by atoms with Crippen LogP contribution in [0.1, 0.15) is 157 Å². The molecule has 2 unspecified atom stereocenters. The van der Waals surface area contributed by atoms with Gasteiger partial charge in [0.05, 0.1) is 19.3 Å². The zero-order chi connectivity index (χ0) is 34.8. The molecule has 0 radical (unpaired) electrons. The van der Waals surface area contributed by atoms with Crippen molar-refractivity contribution in [3.63, 3.8) is 0 Å². The molecule has 0 aliphatic carbocycles. The van der Waals surface area contributed by atoms with Gasteiger partial charge < -0.3 is 23.9 Å². The van der Waals surface area contributed by atoms with Crippen LogP contribution >= 0.6 is 0 Å². The molecule has 8 nitrogen and oxygen atoms in total. The van der Waals surface area contributed by atoms with E-state index in [0.29, 0.717) is 38.4 Å². The summed E-state index contributed by atoms with van der Waals surface area (Å²) < 4.78 is 17.9. The summed E-state index contributed by atoms with van der Waals surface area (Å²) in [7, 11) is -2.03. The van der Waals surface area contributed by atoms with Crippen LogP contribution in [-0.4, -0.2) is 75.2 Å². The second-order valence-corrected chi connectivity index (χ2v) is 19.7. The van der Waals surface area contributed by atoms with Gasteiger partial charge in [-0.05, 0) is 88.4 Å². The lowest BCUT2D eigenvalue weighted by Crippen LogP contribution is -2.47. The summed E-state index contributed by atoms with van der Waals surface area (Å²) in [6.45, 7) is 21.2. The molecular weight excluding hydrogens is 598 g/mol. The largest absolute Gasteiger partial charge is 0.481 e. The van der Waals surface area contributed by atoms with Gasteiger partial charge in [0.1, 0.15) is 0 Å². The van der Waals surface area contributed by atoms with Gasteiger partial charge in [-0.3, -0.25) is 14.4 Å². The lowest BCUT2D eigenvalue weighted by molar-refractivity contribution is -0.144. The van der Waals surface area contributed by atoms with Crippen molar-refractivity contribution < 1.29 is 33.4 Å². The summed E-state index contributed by atoms with van der Waals surface area (Å²) in [6, 6.07) is 0. The Morgan fingerprint density at radius 2 is 1.22 bits per heavy atom. The molecule has 2 atom stereocenters. The van der Waals surface area contributed by atoms with Gasteiger partial charge in [0.15, 0.2) is 8.32 Å². The molecular formula is C37H73NO7Si. The highest BCUT2D eigenvalue weighted by Crippen LogP contribution is 2.38. The first-order chi connectivity index (χ1) is 21.7. The van der Waals surface area contributed by atoms with Crippen LogP contribution in [0.5, 0.6) is 0 Å². The molecule has 0 saturated heterocycles. The third kappa shape index (κ3) is 24.7. The SMILES string of the molecule is CCCCCCC(=O)OCCCCC(C)CN(CCCC(=O)O)CC(CCCCOC(=O)CCCCCC)O[Si](C)(C)C(C)(C)C. The molecule has 0 heterocycles. The fraction of sp³-hybridized carbons (Fsp3) is 0.919. The lowest BCUT2D eigenvalue weighted by Gasteiger charge is -2.41. The predicted octanol–water partition coefficient (Wildman–Crippen LogP) is 9.55. The highest BCUT2D eigenvalue weighted by molar-refractivity contribution is 6.74. The Morgan fingerprint density at radius 1 is 0.696 bits per heavy atom. The monoisotopic (exact) mass is 672 g/mol. The second-order valence-electron chi connectivity index (χ2n) is 14.9. The van der Waals surface area contributed by atoms with Gasteiger partial charge in [0.2, 0.25) is 0 Å². The van der Waals surface area contributed by atoms with Gasteiger partial charge in [-0.1, -0.05) is 80.1 Å². The first-order valence-electron chi connectivity index (χ1n) is 18.6. The van der Waals surface area contributed by atoms with Gasteiger partial charge in [-0.2, -0.15) is 0 Å². The van der Waals surface area contributed by atoms with E-state index < -0.39 is 14.3 Å². The molecule has 9 heteroatoms. The maximum atomic E-state index is 12.1. The Labute approximate surface area is 284 Å². The van der Waals surface area contributed by atoms with Crippen molar-refractivity contribution in [2.24, 2.45) is 5.92 Å². The third-order valence-electron chi connectivity index (χ3n) is 9.17. The standard InChI is InChI=1S/C37H73NO7Si/c1-9-11-13-15-25-35(41)43-28-19-17-22-32(3)30-38(27-21-24-34(39)40)31-33(45-46(7,8)37(4,5)6)23-18-20-29-44-36(42)26-16-14-12-10-2/h32-33H,9-31H2,1-8H3,(H,39,40). The maximum absolute atomic E-state index is 12.1. The number of unbranched alkanes of at least 4 members (excludes halogenated alkanes) is 8. The number of carbonyl (C=O) groups is 3. The van der Waals surface area contributed by atoms with Crippen molar-refractivity contribution in [2.45, 2.75) is 181 Å². The fourth-order valence-electron chi connectivity index (χ4n) is 5.29. The minimum absolute atomic E-state index is 0.0411. The lowest BCUT2D eigenvalue weighted by atomic mass is 10.0. The van der Waals surface area contributed by atoms with E-state index in [0.717, 1.165) is 110 Å². The van der Waals surface area contributed by atoms with E-state index in [9.17, 15) is 19.5 Å². The van der Waals surface area contributed by atoms with Crippen LogP contribution in [0, 0.1) is 5.92 Å². The van der Waals surface area contributed by atoms with Crippen LogP contribution in [-0.2, 0) is 28.3 Å². The number of carboxylic acid groups (broad SMARTS) is 1. The molecule has 0 aliphatic rings. The quantitative estimate of drug-likeness (QED) is 0.0458. The van der Waals surface area contributed by atoms with E-state index in [4.69, 9.17) is 13.9 Å². The van der Waals surface area contributed by atoms with Crippen molar-refractivity contribution in [3.05, 3.63) is 0 Å². The number of carbonyl (C=O) groups excluding carboxylic acids is 2. The Balaban J connectivity index is 5.04. The predicted molar refractivity (Wildman–Crippen MR) is 192 cm³/mol. The molecule has 0 spiro atoms. The third-order valence-corrected chi connectivity index (χ3v) is 13.7. The Kier molecular flexibility index (Phi) is 25.7. The molecule has 0 aromatic carbocycles. The van der Waals surface area contributed by atoms with Gasteiger partial charge in [0.25, 0.3) is 0 Å². The average molecular weight is 672 g/mol. The van der Waals surface area contributed by atoms with Crippen LogP contribution in [0.2, 0.25) is 18.1 Å². The van der Waals surface area contributed by atoms with Crippen LogP contribution in [0.15, 0.2) is 0 Å². The number of esters is 2. The first-order valence-corrected chi connectivity index (χ1v) is 21.6. The number of nitrogens with zero attached hydrogens (tertiary/aromatic N) is 1. The Morgan fingerprint density at radius 3 is 1.70 bits per heavy atom. The number of aliphatic carboxylic acids is 1. The summed E-state index contributed by atoms with van der Waals surface area (Å²) >= 11 is 0. The van der Waals surface area contributed by atoms with Gasteiger partial charge in [-0.15, -0.1) is 0 Å².